The molecule has 3 N–H and O–H groups in total. The Morgan fingerprint density at radius 2 is 1.97 bits per heavy atom. The Morgan fingerprint density at radius 3 is 2.79 bits per heavy atom. The van der Waals surface area contributed by atoms with E-state index in [1.807, 2.05) is 49.4 Å². The van der Waals surface area contributed by atoms with E-state index in [9.17, 15) is 4.79 Å². The lowest BCUT2D eigenvalue weighted by atomic mass is 10.1. The van der Waals surface area contributed by atoms with Crippen LogP contribution in [0.15, 0.2) is 73.1 Å². The second-order valence-corrected chi connectivity index (χ2v) is 7.18. The molecule has 0 radical (unpaired) electrons. The van der Waals surface area contributed by atoms with Crippen molar-refractivity contribution in [2.75, 3.05) is 17.2 Å². The van der Waals surface area contributed by atoms with Gasteiger partial charge in [-0.3, -0.25) is 4.79 Å². The number of para-hydroxylation sites is 1. The molecular formula is C24H24N4O. The van der Waals surface area contributed by atoms with E-state index in [2.05, 4.69) is 45.0 Å². The van der Waals surface area contributed by atoms with Crippen LogP contribution in [-0.4, -0.2) is 22.4 Å². The van der Waals surface area contributed by atoms with Gasteiger partial charge in [-0.25, -0.2) is 4.98 Å². The number of nitrogens with one attached hydrogen (secondary N) is 3. The Hall–Kier alpha value is -3.60. The molecule has 4 aromatic rings. The summed E-state index contributed by atoms with van der Waals surface area (Å²) in [6.07, 6.45) is 5.07. The molecule has 146 valence electrons. The molecule has 0 saturated carbocycles. The van der Waals surface area contributed by atoms with Crippen LogP contribution in [0.1, 0.15) is 16.7 Å². The van der Waals surface area contributed by atoms with E-state index in [0.717, 1.165) is 35.3 Å². The van der Waals surface area contributed by atoms with Gasteiger partial charge in [0, 0.05) is 23.6 Å². The van der Waals surface area contributed by atoms with E-state index < -0.39 is 0 Å². The average molecular weight is 384 g/mol. The minimum atomic E-state index is -0.0665. The molecule has 0 atom stereocenters. The molecule has 0 aliphatic rings. The van der Waals surface area contributed by atoms with E-state index in [1.165, 1.54) is 10.9 Å². The van der Waals surface area contributed by atoms with Crippen LogP contribution < -0.4 is 10.6 Å². The fourth-order valence-corrected chi connectivity index (χ4v) is 3.45. The van der Waals surface area contributed by atoms with Crippen molar-refractivity contribution in [3.8, 4) is 0 Å². The monoisotopic (exact) mass is 384 g/mol. The maximum absolute atomic E-state index is 12.2. The van der Waals surface area contributed by atoms with E-state index in [4.69, 9.17) is 0 Å². The largest absolute Gasteiger partial charge is 0.383 e. The summed E-state index contributed by atoms with van der Waals surface area (Å²) in [4.78, 5) is 19.9. The number of hydrogen-bond donors (Lipinski definition) is 3. The van der Waals surface area contributed by atoms with E-state index >= 15 is 0 Å². The first-order chi connectivity index (χ1) is 14.2. The van der Waals surface area contributed by atoms with Crippen molar-refractivity contribution in [1.29, 1.82) is 0 Å². The van der Waals surface area contributed by atoms with Gasteiger partial charge in [0.25, 0.3) is 0 Å². The number of H-pyrrole nitrogens is 1. The number of carbonyl (C=O) groups excluding carboxylic acids is 1. The molecule has 29 heavy (non-hydrogen) atoms. The first kappa shape index (κ1) is 18.7. The molecular weight excluding hydrogens is 360 g/mol. The quantitative estimate of drug-likeness (QED) is 0.432. The molecule has 0 spiro atoms. The van der Waals surface area contributed by atoms with Crippen LogP contribution in [0.25, 0.3) is 10.9 Å². The molecule has 0 aliphatic carbocycles. The molecule has 5 heteroatoms. The molecule has 0 saturated heterocycles. The third-order valence-corrected chi connectivity index (χ3v) is 4.88. The van der Waals surface area contributed by atoms with Crippen molar-refractivity contribution in [2.45, 2.75) is 19.8 Å². The van der Waals surface area contributed by atoms with Gasteiger partial charge in [-0.05, 0) is 42.7 Å². The second kappa shape index (κ2) is 8.61. The highest BCUT2D eigenvalue weighted by Crippen LogP contribution is 2.18. The number of rotatable bonds is 7. The van der Waals surface area contributed by atoms with Crippen LogP contribution in [0.4, 0.5) is 11.5 Å². The number of nitrogens with zero attached hydrogens (tertiary/aromatic N) is 1. The Morgan fingerprint density at radius 1 is 1.07 bits per heavy atom. The number of aromatic amines is 1. The SMILES string of the molecule is Cc1cccc(CC(=O)Nc2ccc(NCCc3c[nH]c4ccccc34)cn2)c1. The number of hydrogen-bond acceptors (Lipinski definition) is 3. The normalized spacial score (nSPS) is 10.8. The summed E-state index contributed by atoms with van der Waals surface area (Å²) in [5, 5.41) is 7.50. The van der Waals surface area contributed by atoms with Crippen molar-refractivity contribution >= 4 is 28.3 Å². The van der Waals surface area contributed by atoms with Crippen molar-refractivity contribution in [3.05, 3.63) is 89.7 Å². The molecule has 0 bridgehead atoms. The number of aryl methyl sites for hydroxylation is 1. The van der Waals surface area contributed by atoms with E-state index in [-0.39, 0.29) is 5.91 Å². The topological polar surface area (TPSA) is 69.8 Å². The summed E-state index contributed by atoms with van der Waals surface area (Å²) in [6.45, 7) is 2.83. The van der Waals surface area contributed by atoms with Crippen molar-refractivity contribution < 1.29 is 4.79 Å². The van der Waals surface area contributed by atoms with Crippen LogP contribution in [0.2, 0.25) is 0 Å². The summed E-state index contributed by atoms with van der Waals surface area (Å²) in [7, 11) is 0. The summed E-state index contributed by atoms with van der Waals surface area (Å²) < 4.78 is 0. The van der Waals surface area contributed by atoms with Crippen LogP contribution in [0.5, 0.6) is 0 Å². The molecule has 0 fully saturated rings. The van der Waals surface area contributed by atoms with Crippen molar-refractivity contribution in [2.24, 2.45) is 0 Å². The molecule has 2 heterocycles. The van der Waals surface area contributed by atoms with Crippen LogP contribution in [0, 0.1) is 6.92 Å². The Kier molecular flexibility index (Phi) is 5.56. The van der Waals surface area contributed by atoms with E-state index in [1.54, 1.807) is 6.20 Å². The molecule has 0 aliphatic heterocycles. The zero-order valence-corrected chi connectivity index (χ0v) is 16.4. The third-order valence-electron chi connectivity index (χ3n) is 4.88. The Bertz CT molecular complexity index is 1120. The minimum absolute atomic E-state index is 0.0665. The summed E-state index contributed by atoms with van der Waals surface area (Å²) >= 11 is 0. The molecule has 2 aromatic heterocycles. The van der Waals surface area contributed by atoms with Crippen molar-refractivity contribution in [1.82, 2.24) is 9.97 Å². The summed E-state index contributed by atoms with van der Waals surface area (Å²) in [5.41, 5.74) is 5.53. The zero-order valence-electron chi connectivity index (χ0n) is 16.4. The highest BCUT2D eigenvalue weighted by molar-refractivity contribution is 5.91. The lowest BCUT2D eigenvalue weighted by molar-refractivity contribution is -0.115. The van der Waals surface area contributed by atoms with Gasteiger partial charge < -0.3 is 15.6 Å². The molecule has 0 unspecified atom stereocenters. The predicted octanol–water partition coefficient (Wildman–Crippen LogP) is 4.71. The lowest BCUT2D eigenvalue weighted by Gasteiger charge is -2.08. The second-order valence-electron chi connectivity index (χ2n) is 7.18. The van der Waals surface area contributed by atoms with Gasteiger partial charge in [-0.2, -0.15) is 0 Å². The van der Waals surface area contributed by atoms with Gasteiger partial charge in [0.15, 0.2) is 0 Å². The van der Waals surface area contributed by atoms with E-state index in [0.29, 0.717) is 12.2 Å². The molecule has 1 amide bonds. The standard InChI is InChI=1S/C24H24N4O/c1-17-5-4-6-18(13-17)14-24(29)28-23-10-9-20(16-27-23)25-12-11-19-15-26-22-8-3-2-7-21(19)22/h2-10,13,15-16,25-26H,11-12,14H2,1H3,(H,27,28,29). The van der Waals surface area contributed by atoms with Crippen LogP contribution in [0.3, 0.4) is 0 Å². The zero-order chi connectivity index (χ0) is 20.1. The van der Waals surface area contributed by atoms with Crippen molar-refractivity contribution in [3.63, 3.8) is 0 Å². The maximum atomic E-state index is 12.2. The molecule has 2 aromatic carbocycles. The fourth-order valence-electron chi connectivity index (χ4n) is 3.45. The number of amides is 1. The lowest BCUT2D eigenvalue weighted by Crippen LogP contribution is -2.15. The van der Waals surface area contributed by atoms with Gasteiger partial charge >= 0.3 is 0 Å². The van der Waals surface area contributed by atoms with Gasteiger partial charge in [0.1, 0.15) is 5.82 Å². The Labute approximate surface area is 170 Å². The predicted molar refractivity (Wildman–Crippen MR) is 118 cm³/mol. The number of carbonyl (C=O) groups is 1. The first-order valence-corrected chi connectivity index (χ1v) is 9.78. The number of pyridine rings is 1. The summed E-state index contributed by atoms with van der Waals surface area (Å²) in [5.74, 6) is 0.493. The first-order valence-electron chi connectivity index (χ1n) is 9.78. The smallest absolute Gasteiger partial charge is 0.229 e. The molecule has 4 rings (SSSR count). The van der Waals surface area contributed by atoms with Crippen LogP contribution >= 0.6 is 0 Å². The average Bonchev–Trinajstić information content (AvgIpc) is 3.12. The fraction of sp³-hybridized carbons (Fsp3) is 0.167. The van der Waals surface area contributed by atoms with Gasteiger partial charge in [-0.15, -0.1) is 0 Å². The minimum Gasteiger partial charge on any atom is -0.383 e. The number of benzene rings is 2. The highest BCUT2D eigenvalue weighted by Gasteiger charge is 2.06. The van der Waals surface area contributed by atoms with Gasteiger partial charge in [-0.1, -0.05) is 48.0 Å². The third kappa shape index (κ3) is 4.82. The van der Waals surface area contributed by atoms with Gasteiger partial charge in [0.2, 0.25) is 5.91 Å². The summed E-state index contributed by atoms with van der Waals surface area (Å²) in [6, 6.07) is 20.0. The van der Waals surface area contributed by atoms with Crippen LogP contribution in [-0.2, 0) is 17.6 Å². The maximum Gasteiger partial charge on any atom is 0.229 e. The van der Waals surface area contributed by atoms with Gasteiger partial charge in [0.05, 0.1) is 18.3 Å². The number of aromatic nitrogens is 2. The number of anilines is 2. The Balaban J connectivity index is 1.28. The highest BCUT2D eigenvalue weighted by atomic mass is 16.1. The molecule has 5 nitrogen and oxygen atoms in total. The number of fused-ring (bicyclic) bond motifs is 1.